The number of rotatable bonds is 8. The zero-order valence-corrected chi connectivity index (χ0v) is 18.0. The molecule has 0 fully saturated rings. The number of phenolic OH excluding ortho intramolecular Hbond substituents is 1. The second-order valence-corrected chi connectivity index (χ2v) is 7.69. The smallest absolute Gasteiger partial charge is 0.352 e. The van der Waals surface area contributed by atoms with Gasteiger partial charge in [0, 0.05) is 12.1 Å². The fourth-order valence-corrected chi connectivity index (χ4v) is 3.58. The van der Waals surface area contributed by atoms with Crippen molar-refractivity contribution in [2.75, 3.05) is 5.01 Å². The number of nitro groups is 1. The topological polar surface area (TPSA) is 143 Å². The Morgan fingerprint density at radius 1 is 1.11 bits per heavy atom. The van der Waals surface area contributed by atoms with Crippen molar-refractivity contribution in [3.8, 4) is 11.5 Å². The second kappa shape index (κ2) is 9.59. The summed E-state index contributed by atoms with van der Waals surface area (Å²) in [5.74, 6) is -3.69. The van der Waals surface area contributed by atoms with Crippen LogP contribution in [-0.2, 0) is 22.6 Å². The fraction of sp³-hybridized carbons (Fsp3) is 0.125. The summed E-state index contributed by atoms with van der Waals surface area (Å²) in [7, 11) is 0. The molecule has 3 aromatic carbocycles. The predicted octanol–water partition coefficient (Wildman–Crippen LogP) is 3.66. The first-order chi connectivity index (χ1) is 16.7. The Kier molecular flexibility index (Phi) is 6.40. The minimum absolute atomic E-state index is 0.0674. The number of hydrazone groups is 1. The quantitative estimate of drug-likeness (QED) is 0.371. The Balaban J connectivity index is 1.51. The molecule has 4 rings (SSSR count). The number of carbonyl (C=O) groups is 2. The van der Waals surface area contributed by atoms with Crippen LogP contribution in [0.25, 0.3) is 0 Å². The molecule has 11 heteroatoms. The first kappa shape index (κ1) is 23.4. The first-order valence-corrected chi connectivity index (χ1v) is 10.3. The monoisotopic (exact) mass is 479 g/mol. The van der Waals surface area contributed by atoms with E-state index in [4.69, 9.17) is 4.74 Å². The molecule has 1 aliphatic heterocycles. The summed E-state index contributed by atoms with van der Waals surface area (Å²) in [6, 6.07) is 15.2. The van der Waals surface area contributed by atoms with Gasteiger partial charge in [-0.25, -0.2) is 9.18 Å². The number of hydrogen-bond acceptors (Lipinski definition) is 7. The lowest BCUT2D eigenvalue weighted by Crippen LogP contribution is -2.31. The van der Waals surface area contributed by atoms with Gasteiger partial charge in [-0.3, -0.25) is 14.9 Å². The Morgan fingerprint density at radius 3 is 2.49 bits per heavy atom. The Morgan fingerprint density at radius 2 is 1.83 bits per heavy atom. The van der Waals surface area contributed by atoms with E-state index in [1.165, 1.54) is 42.5 Å². The number of nitro benzene ring substituents is 1. The highest BCUT2D eigenvalue weighted by Gasteiger charge is 2.40. The number of aromatic hydroxyl groups is 1. The van der Waals surface area contributed by atoms with Gasteiger partial charge in [0.05, 0.1) is 16.5 Å². The van der Waals surface area contributed by atoms with E-state index in [9.17, 15) is 34.3 Å². The van der Waals surface area contributed by atoms with E-state index < -0.39 is 28.4 Å². The first-order valence-electron chi connectivity index (χ1n) is 10.3. The van der Waals surface area contributed by atoms with E-state index in [0.717, 1.165) is 11.1 Å². The van der Waals surface area contributed by atoms with Crippen LogP contribution >= 0.6 is 0 Å². The van der Waals surface area contributed by atoms with E-state index in [1.807, 2.05) is 0 Å². The molecule has 0 saturated heterocycles. The fourth-order valence-electron chi connectivity index (χ4n) is 3.58. The number of aliphatic carboxylic acids is 1. The lowest BCUT2D eigenvalue weighted by molar-refractivity contribution is -0.384. The lowest BCUT2D eigenvalue weighted by Gasteiger charge is -2.15. The van der Waals surface area contributed by atoms with Crippen molar-refractivity contribution in [2.45, 2.75) is 13.0 Å². The van der Waals surface area contributed by atoms with Crippen LogP contribution in [0.3, 0.4) is 0 Å². The van der Waals surface area contributed by atoms with Crippen LogP contribution in [0, 0.1) is 21.8 Å². The number of non-ortho nitro benzene ring substituents is 1. The summed E-state index contributed by atoms with van der Waals surface area (Å²) >= 11 is 0. The molecule has 10 nitrogen and oxygen atoms in total. The van der Waals surface area contributed by atoms with Gasteiger partial charge in [-0.15, -0.1) is 0 Å². The third-order valence-electron chi connectivity index (χ3n) is 5.32. The maximum atomic E-state index is 13.0. The van der Waals surface area contributed by atoms with Gasteiger partial charge in [0.25, 0.3) is 11.6 Å². The summed E-state index contributed by atoms with van der Waals surface area (Å²) in [5, 5.41) is 35.7. The molecule has 1 atom stereocenters. The molecular formula is C24H18FN3O7. The molecule has 0 bridgehead atoms. The van der Waals surface area contributed by atoms with Crippen LogP contribution in [0.2, 0.25) is 0 Å². The molecule has 1 unspecified atom stereocenters. The van der Waals surface area contributed by atoms with Crippen molar-refractivity contribution in [3.63, 3.8) is 0 Å². The van der Waals surface area contributed by atoms with Crippen molar-refractivity contribution in [1.82, 2.24) is 0 Å². The van der Waals surface area contributed by atoms with Gasteiger partial charge >= 0.3 is 5.97 Å². The van der Waals surface area contributed by atoms with E-state index >= 15 is 0 Å². The number of phenols is 1. The number of ether oxygens (including phenoxy) is 1. The largest absolute Gasteiger partial charge is 0.504 e. The highest BCUT2D eigenvalue weighted by atomic mass is 19.1. The highest BCUT2D eigenvalue weighted by Crippen LogP contribution is 2.32. The summed E-state index contributed by atoms with van der Waals surface area (Å²) in [5.41, 5.74) is 0.516. The number of carbonyl (C=O) groups excluding carboxylic acids is 1. The standard InChI is InChI=1S/C24H18FN3O7/c25-16-7-4-14(5-8-16)13-35-21-9-6-15(11-20(21)29)10-19-22(24(31)32)26-27(23(19)30)17-2-1-3-18(12-17)28(33)34/h1-9,11-12,19,29H,10,13H2,(H,31,32). The van der Waals surface area contributed by atoms with Crippen molar-refractivity contribution in [2.24, 2.45) is 11.0 Å². The molecule has 0 radical (unpaired) electrons. The average Bonchev–Trinajstić information content (AvgIpc) is 3.16. The number of carboxylic acids is 1. The van der Waals surface area contributed by atoms with Crippen molar-refractivity contribution < 1.29 is 33.9 Å². The summed E-state index contributed by atoms with van der Waals surface area (Å²) < 4.78 is 18.6. The minimum atomic E-state index is -1.40. The molecule has 0 spiro atoms. The third kappa shape index (κ3) is 5.08. The normalized spacial score (nSPS) is 15.1. The molecule has 1 heterocycles. The number of benzene rings is 3. The summed E-state index contributed by atoms with van der Waals surface area (Å²) in [4.78, 5) is 35.2. The summed E-state index contributed by atoms with van der Waals surface area (Å²) in [6.45, 7) is 0.0856. The third-order valence-corrected chi connectivity index (χ3v) is 5.32. The molecule has 3 aromatic rings. The Labute approximate surface area is 197 Å². The van der Waals surface area contributed by atoms with Gasteiger partial charge < -0.3 is 14.9 Å². The number of halogens is 1. The molecule has 0 aromatic heterocycles. The van der Waals surface area contributed by atoms with E-state index in [0.29, 0.717) is 11.1 Å². The van der Waals surface area contributed by atoms with E-state index in [2.05, 4.69) is 5.10 Å². The number of carboxylic acid groups (broad SMARTS) is 1. The lowest BCUT2D eigenvalue weighted by atomic mass is 9.94. The van der Waals surface area contributed by atoms with Gasteiger partial charge in [0.1, 0.15) is 12.4 Å². The predicted molar refractivity (Wildman–Crippen MR) is 122 cm³/mol. The van der Waals surface area contributed by atoms with Crippen molar-refractivity contribution in [1.29, 1.82) is 0 Å². The van der Waals surface area contributed by atoms with Gasteiger partial charge in [-0.05, 0) is 47.9 Å². The Bertz CT molecular complexity index is 1340. The zero-order chi connectivity index (χ0) is 25.1. The molecule has 35 heavy (non-hydrogen) atoms. The van der Waals surface area contributed by atoms with Crippen LogP contribution in [0.1, 0.15) is 11.1 Å². The second-order valence-electron chi connectivity index (χ2n) is 7.69. The maximum absolute atomic E-state index is 13.0. The van der Waals surface area contributed by atoms with Crippen LogP contribution in [0.15, 0.2) is 71.8 Å². The van der Waals surface area contributed by atoms with Crippen LogP contribution in [0.4, 0.5) is 15.8 Å². The molecule has 1 aliphatic rings. The molecule has 1 amide bonds. The minimum Gasteiger partial charge on any atom is -0.504 e. The van der Waals surface area contributed by atoms with Crippen LogP contribution in [-0.4, -0.2) is 32.7 Å². The molecule has 0 saturated carbocycles. The number of nitrogens with zero attached hydrogens (tertiary/aromatic N) is 3. The number of anilines is 1. The average molecular weight is 479 g/mol. The van der Waals surface area contributed by atoms with E-state index in [-0.39, 0.29) is 41.7 Å². The van der Waals surface area contributed by atoms with E-state index in [1.54, 1.807) is 18.2 Å². The zero-order valence-electron chi connectivity index (χ0n) is 18.0. The van der Waals surface area contributed by atoms with Gasteiger partial charge in [0.15, 0.2) is 17.2 Å². The SMILES string of the molecule is O=C(O)C1=NN(c2cccc([N+](=O)[O-])c2)C(=O)C1Cc1ccc(OCc2ccc(F)cc2)c(O)c1. The molecular weight excluding hydrogens is 461 g/mol. The van der Waals surface area contributed by atoms with Crippen molar-refractivity contribution in [3.05, 3.63) is 93.8 Å². The molecule has 0 aliphatic carbocycles. The highest BCUT2D eigenvalue weighted by molar-refractivity contribution is 6.43. The number of hydrogen-bond donors (Lipinski definition) is 2. The van der Waals surface area contributed by atoms with Gasteiger partial charge in [-0.1, -0.05) is 24.3 Å². The van der Waals surface area contributed by atoms with Crippen molar-refractivity contribution >= 4 is 29.0 Å². The molecule has 2 N–H and O–H groups in total. The van der Waals surface area contributed by atoms with Gasteiger partial charge in [0.2, 0.25) is 0 Å². The van der Waals surface area contributed by atoms with Crippen LogP contribution < -0.4 is 9.75 Å². The maximum Gasteiger partial charge on any atom is 0.352 e. The number of amides is 1. The Hall–Kier alpha value is -4.80. The summed E-state index contributed by atoms with van der Waals surface area (Å²) in [6.07, 6.45) is -0.0821. The van der Waals surface area contributed by atoms with Crippen LogP contribution in [0.5, 0.6) is 11.5 Å². The molecule has 178 valence electrons. The van der Waals surface area contributed by atoms with Gasteiger partial charge in [-0.2, -0.15) is 10.1 Å².